The molecule has 0 radical (unpaired) electrons. The Morgan fingerprint density at radius 3 is 2.79 bits per heavy atom. The largest absolute Gasteiger partial charge is 0.489 e. The normalized spacial score (nSPS) is 9.43. The third kappa shape index (κ3) is 2.64. The molecule has 0 aliphatic heterocycles. The Morgan fingerprint density at radius 1 is 1.43 bits per heavy atom. The molecule has 14 heavy (non-hydrogen) atoms. The van der Waals surface area contributed by atoms with E-state index in [2.05, 4.69) is 0 Å². The summed E-state index contributed by atoms with van der Waals surface area (Å²) < 4.78 is 10.1. The number of nitrogen functional groups attached to an aromatic ring is 1. The van der Waals surface area contributed by atoms with Gasteiger partial charge in [-0.25, -0.2) is 0 Å². The first-order valence-electron chi connectivity index (χ1n) is 4.19. The predicted octanol–water partition coefficient (Wildman–Crippen LogP) is 1.17. The Kier molecular flexibility index (Phi) is 3.77. The molecule has 4 heteroatoms. The summed E-state index contributed by atoms with van der Waals surface area (Å²) in [6, 6.07) is 6.94. The van der Waals surface area contributed by atoms with Crippen molar-refractivity contribution in [2.24, 2.45) is 0 Å². The fourth-order valence-electron chi connectivity index (χ4n) is 0.984. The number of hydrogen-bond acceptors (Lipinski definition) is 4. The molecule has 0 fully saturated rings. The van der Waals surface area contributed by atoms with Crippen molar-refractivity contribution in [2.45, 2.75) is 0 Å². The number of hydrogen-bond donors (Lipinski definition) is 1. The van der Waals surface area contributed by atoms with Crippen molar-refractivity contribution in [1.29, 1.82) is 5.26 Å². The molecule has 1 aromatic rings. The summed E-state index contributed by atoms with van der Waals surface area (Å²) in [6.07, 6.45) is 0. The highest BCUT2D eigenvalue weighted by atomic mass is 16.5. The monoisotopic (exact) mass is 192 g/mol. The van der Waals surface area contributed by atoms with Crippen molar-refractivity contribution in [2.75, 3.05) is 26.1 Å². The predicted molar refractivity (Wildman–Crippen MR) is 52.9 cm³/mol. The van der Waals surface area contributed by atoms with Gasteiger partial charge in [-0.15, -0.1) is 0 Å². The van der Waals surface area contributed by atoms with Crippen LogP contribution in [0.5, 0.6) is 5.75 Å². The zero-order chi connectivity index (χ0) is 10.4. The van der Waals surface area contributed by atoms with Gasteiger partial charge in [-0.1, -0.05) is 0 Å². The van der Waals surface area contributed by atoms with Gasteiger partial charge < -0.3 is 15.2 Å². The molecule has 0 aliphatic carbocycles. The van der Waals surface area contributed by atoms with Crippen LogP contribution >= 0.6 is 0 Å². The molecule has 0 spiro atoms. The first kappa shape index (κ1) is 10.4. The van der Waals surface area contributed by atoms with Crippen molar-refractivity contribution >= 4 is 5.69 Å². The number of nitriles is 1. The van der Waals surface area contributed by atoms with Gasteiger partial charge in [0.2, 0.25) is 0 Å². The number of ether oxygens (including phenoxy) is 2. The fraction of sp³-hybridized carbons (Fsp3) is 0.300. The summed E-state index contributed by atoms with van der Waals surface area (Å²) in [5.74, 6) is 0.584. The molecular weight excluding hydrogens is 180 g/mol. The molecule has 1 rings (SSSR count). The molecule has 0 saturated carbocycles. The Balaban J connectivity index is 2.65. The average Bonchev–Trinajstić information content (AvgIpc) is 2.20. The van der Waals surface area contributed by atoms with Crippen LogP contribution in [0, 0.1) is 11.3 Å². The van der Waals surface area contributed by atoms with Crippen LogP contribution in [0.1, 0.15) is 5.56 Å². The summed E-state index contributed by atoms with van der Waals surface area (Å²) in [6.45, 7) is 0.964. The lowest BCUT2D eigenvalue weighted by atomic mass is 10.2. The van der Waals surface area contributed by atoms with Crippen LogP contribution in [0.4, 0.5) is 5.69 Å². The lowest BCUT2D eigenvalue weighted by Gasteiger charge is -2.07. The lowest BCUT2D eigenvalue weighted by Crippen LogP contribution is -2.05. The lowest BCUT2D eigenvalue weighted by molar-refractivity contribution is 0.146. The highest BCUT2D eigenvalue weighted by molar-refractivity contribution is 5.56. The van der Waals surface area contributed by atoms with E-state index < -0.39 is 0 Å². The van der Waals surface area contributed by atoms with Crippen molar-refractivity contribution in [3.05, 3.63) is 23.8 Å². The van der Waals surface area contributed by atoms with E-state index in [1.807, 2.05) is 6.07 Å². The molecule has 0 aliphatic rings. The quantitative estimate of drug-likeness (QED) is 0.574. The van der Waals surface area contributed by atoms with Gasteiger partial charge in [-0.2, -0.15) is 5.26 Å². The maximum Gasteiger partial charge on any atom is 0.142 e. The molecule has 0 saturated heterocycles. The first-order chi connectivity index (χ1) is 6.77. The fourth-order valence-corrected chi connectivity index (χ4v) is 0.984. The second-order valence-corrected chi connectivity index (χ2v) is 2.71. The molecule has 2 N–H and O–H groups in total. The molecule has 1 aromatic carbocycles. The van der Waals surface area contributed by atoms with Crippen LogP contribution < -0.4 is 10.5 Å². The number of methoxy groups -OCH3 is 1. The third-order valence-electron chi connectivity index (χ3n) is 1.68. The van der Waals surface area contributed by atoms with E-state index in [0.717, 1.165) is 0 Å². The highest BCUT2D eigenvalue weighted by Crippen LogP contribution is 2.21. The van der Waals surface area contributed by atoms with Crippen LogP contribution in [-0.4, -0.2) is 20.3 Å². The van der Waals surface area contributed by atoms with Gasteiger partial charge in [0.1, 0.15) is 12.4 Å². The Bertz CT molecular complexity index is 344. The molecule has 0 amide bonds. The van der Waals surface area contributed by atoms with Gasteiger partial charge in [0.05, 0.1) is 23.9 Å². The highest BCUT2D eigenvalue weighted by Gasteiger charge is 2.00. The molecule has 0 heterocycles. The topological polar surface area (TPSA) is 68.3 Å². The summed E-state index contributed by atoms with van der Waals surface area (Å²) in [5, 5.41) is 8.60. The number of nitrogens with two attached hydrogens (primary N) is 1. The zero-order valence-corrected chi connectivity index (χ0v) is 7.99. The summed E-state index contributed by atoms with van der Waals surface area (Å²) in [7, 11) is 1.60. The van der Waals surface area contributed by atoms with Crippen molar-refractivity contribution in [3.8, 4) is 11.8 Å². The van der Waals surface area contributed by atoms with E-state index in [9.17, 15) is 0 Å². The minimum absolute atomic E-state index is 0.451. The molecular formula is C10H12N2O2. The number of anilines is 1. The van der Waals surface area contributed by atoms with Crippen molar-refractivity contribution in [1.82, 2.24) is 0 Å². The van der Waals surface area contributed by atoms with Gasteiger partial charge in [0.25, 0.3) is 0 Å². The van der Waals surface area contributed by atoms with Crippen molar-refractivity contribution in [3.63, 3.8) is 0 Å². The van der Waals surface area contributed by atoms with E-state index in [4.69, 9.17) is 20.5 Å². The Hall–Kier alpha value is -1.73. The third-order valence-corrected chi connectivity index (χ3v) is 1.68. The molecule has 0 bridgehead atoms. The van der Waals surface area contributed by atoms with Gasteiger partial charge in [0, 0.05) is 7.11 Å². The second-order valence-electron chi connectivity index (χ2n) is 2.71. The van der Waals surface area contributed by atoms with Crippen LogP contribution in [0.2, 0.25) is 0 Å². The summed E-state index contributed by atoms with van der Waals surface area (Å²) in [5.41, 5.74) is 6.66. The summed E-state index contributed by atoms with van der Waals surface area (Å²) in [4.78, 5) is 0. The van der Waals surface area contributed by atoms with E-state index in [-0.39, 0.29) is 0 Å². The van der Waals surface area contributed by atoms with Crippen molar-refractivity contribution < 1.29 is 9.47 Å². The summed E-state index contributed by atoms with van der Waals surface area (Å²) >= 11 is 0. The van der Waals surface area contributed by atoms with E-state index in [1.54, 1.807) is 25.3 Å². The second kappa shape index (κ2) is 5.10. The standard InChI is InChI=1S/C10H12N2O2/c1-13-4-5-14-10-3-2-8(7-11)6-9(10)12/h2-3,6H,4-5,12H2,1H3. The number of benzene rings is 1. The van der Waals surface area contributed by atoms with Crippen LogP contribution in [0.25, 0.3) is 0 Å². The molecule has 0 aromatic heterocycles. The minimum atomic E-state index is 0.451. The van der Waals surface area contributed by atoms with Crippen LogP contribution in [0.3, 0.4) is 0 Å². The molecule has 74 valence electrons. The van der Waals surface area contributed by atoms with Gasteiger partial charge in [0.15, 0.2) is 0 Å². The van der Waals surface area contributed by atoms with Gasteiger partial charge in [-0.3, -0.25) is 0 Å². The maximum absolute atomic E-state index is 8.60. The average molecular weight is 192 g/mol. The molecule has 0 atom stereocenters. The number of rotatable bonds is 4. The smallest absolute Gasteiger partial charge is 0.142 e. The van der Waals surface area contributed by atoms with E-state index >= 15 is 0 Å². The van der Waals surface area contributed by atoms with Gasteiger partial charge >= 0.3 is 0 Å². The molecule has 4 nitrogen and oxygen atoms in total. The molecule has 0 unspecified atom stereocenters. The number of nitrogens with zero attached hydrogens (tertiary/aromatic N) is 1. The van der Waals surface area contributed by atoms with Gasteiger partial charge in [-0.05, 0) is 18.2 Å². The maximum atomic E-state index is 8.60. The Labute approximate surface area is 82.9 Å². The SMILES string of the molecule is COCCOc1ccc(C#N)cc1N. The first-order valence-corrected chi connectivity index (χ1v) is 4.19. The van der Waals surface area contributed by atoms with E-state index in [1.165, 1.54) is 0 Å². The van der Waals surface area contributed by atoms with Crippen LogP contribution in [-0.2, 0) is 4.74 Å². The Morgan fingerprint density at radius 2 is 2.21 bits per heavy atom. The van der Waals surface area contributed by atoms with E-state index in [0.29, 0.717) is 30.2 Å². The van der Waals surface area contributed by atoms with Crippen LogP contribution in [0.15, 0.2) is 18.2 Å². The minimum Gasteiger partial charge on any atom is -0.489 e. The zero-order valence-electron chi connectivity index (χ0n) is 7.99.